The molecule has 0 fully saturated rings. The molecule has 0 radical (unpaired) electrons. The largest absolute Gasteiger partial charge is 0.490 e. The van der Waals surface area contributed by atoms with E-state index >= 15 is 0 Å². The Labute approximate surface area is 110 Å². The SMILES string of the molecule is CCCCOc1ccc(CN)cc1OCCCC. The van der Waals surface area contributed by atoms with Gasteiger partial charge in [-0.1, -0.05) is 32.8 Å². The summed E-state index contributed by atoms with van der Waals surface area (Å²) in [4.78, 5) is 0. The molecule has 0 amide bonds. The van der Waals surface area contributed by atoms with E-state index in [0.29, 0.717) is 6.54 Å². The van der Waals surface area contributed by atoms with Crippen molar-refractivity contribution >= 4 is 0 Å². The Balaban J connectivity index is 2.66. The standard InChI is InChI=1S/C15H25NO2/c1-3-5-9-17-14-8-7-13(12-16)11-15(14)18-10-6-4-2/h7-8,11H,3-6,9-10,12,16H2,1-2H3. The van der Waals surface area contributed by atoms with E-state index in [-0.39, 0.29) is 0 Å². The summed E-state index contributed by atoms with van der Waals surface area (Å²) >= 11 is 0. The van der Waals surface area contributed by atoms with Crippen molar-refractivity contribution in [3.05, 3.63) is 23.8 Å². The second kappa shape index (κ2) is 8.81. The molecular formula is C15H25NO2. The van der Waals surface area contributed by atoms with E-state index in [9.17, 15) is 0 Å². The molecule has 0 atom stereocenters. The average molecular weight is 251 g/mol. The molecule has 3 heteroatoms. The summed E-state index contributed by atoms with van der Waals surface area (Å²) in [5.74, 6) is 1.65. The first kappa shape index (κ1) is 14.8. The second-order valence-electron chi connectivity index (χ2n) is 4.39. The summed E-state index contributed by atoms with van der Waals surface area (Å²) in [5, 5.41) is 0. The van der Waals surface area contributed by atoms with E-state index in [4.69, 9.17) is 15.2 Å². The Bertz CT molecular complexity index is 339. The molecule has 1 aromatic carbocycles. The Morgan fingerprint density at radius 1 is 0.944 bits per heavy atom. The number of unbranched alkanes of at least 4 members (excludes halogenated alkanes) is 2. The van der Waals surface area contributed by atoms with E-state index in [2.05, 4.69) is 13.8 Å². The topological polar surface area (TPSA) is 44.5 Å². The highest BCUT2D eigenvalue weighted by molar-refractivity contribution is 5.43. The van der Waals surface area contributed by atoms with Crippen molar-refractivity contribution in [3.8, 4) is 11.5 Å². The molecule has 18 heavy (non-hydrogen) atoms. The number of ether oxygens (including phenoxy) is 2. The van der Waals surface area contributed by atoms with Gasteiger partial charge in [-0.15, -0.1) is 0 Å². The Kier molecular flexibility index (Phi) is 7.26. The van der Waals surface area contributed by atoms with Crippen molar-refractivity contribution < 1.29 is 9.47 Å². The molecule has 0 aliphatic carbocycles. The van der Waals surface area contributed by atoms with Crippen LogP contribution in [0, 0.1) is 0 Å². The lowest BCUT2D eigenvalue weighted by atomic mass is 10.2. The first-order chi connectivity index (χ1) is 8.81. The summed E-state index contributed by atoms with van der Waals surface area (Å²) in [6.45, 7) is 6.30. The third kappa shape index (κ3) is 4.96. The highest BCUT2D eigenvalue weighted by Crippen LogP contribution is 2.28. The normalized spacial score (nSPS) is 10.4. The van der Waals surface area contributed by atoms with Crippen LogP contribution in [0.25, 0.3) is 0 Å². The zero-order valence-electron chi connectivity index (χ0n) is 11.6. The van der Waals surface area contributed by atoms with E-state index in [1.165, 1.54) is 0 Å². The molecule has 0 aliphatic rings. The maximum absolute atomic E-state index is 5.77. The fourth-order valence-corrected chi connectivity index (χ4v) is 1.56. The van der Waals surface area contributed by atoms with Gasteiger partial charge in [0.15, 0.2) is 11.5 Å². The summed E-state index contributed by atoms with van der Waals surface area (Å²) in [7, 11) is 0. The maximum Gasteiger partial charge on any atom is 0.161 e. The molecule has 0 heterocycles. The van der Waals surface area contributed by atoms with Gasteiger partial charge in [0, 0.05) is 6.54 Å². The van der Waals surface area contributed by atoms with E-state index in [0.717, 1.165) is 56.0 Å². The minimum atomic E-state index is 0.527. The molecule has 0 bridgehead atoms. The third-order valence-electron chi connectivity index (χ3n) is 2.75. The molecule has 0 spiro atoms. The first-order valence-corrected chi connectivity index (χ1v) is 6.90. The van der Waals surface area contributed by atoms with Gasteiger partial charge in [-0.25, -0.2) is 0 Å². The van der Waals surface area contributed by atoms with Crippen LogP contribution in [-0.2, 0) is 6.54 Å². The van der Waals surface area contributed by atoms with Crippen LogP contribution in [0.1, 0.15) is 45.1 Å². The average Bonchev–Trinajstić information content (AvgIpc) is 2.40. The predicted octanol–water partition coefficient (Wildman–Crippen LogP) is 3.50. The lowest BCUT2D eigenvalue weighted by Crippen LogP contribution is -2.04. The molecule has 0 aromatic heterocycles. The number of hydrogen-bond acceptors (Lipinski definition) is 3. The van der Waals surface area contributed by atoms with Crippen LogP contribution in [0.4, 0.5) is 0 Å². The van der Waals surface area contributed by atoms with E-state index in [1.54, 1.807) is 0 Å². The van der Waals surface area contributed by atoms with Crippen LogP contribution in [0.5, 0.6) is 11.5 Å². The number of benzene rings is 1. The minimum Gasteiger partial charge on any atom is -0.490 e. The van der Waals surface area contributed by atoms with Crippen molar-refractivity contribution in [2.24, 2.45) is 5.73 Å². The van der Waals surface area contributed by atoms with Crippen molar-refractivity contribution in [2.45, 2.75) is 46.1 Å². The zero-order chi connectivity index (χ0) is 13.2. The summed E-state index contributed by atoms with van der Waals surface area (Å²) in [5.41, 5.74) is 6.72. The summed E-state index contributed by atoms with van der Waals surface area (Å²) in [6.07, 6.45) is 4.38. The van der Waals surface area contributed by atoms with Gasteiger partial charge in [-0.2, -0.15) is 0 Å². The second-order valence-corrected chi connectivity index (χ2v) is 4.39. The van der Waals surface area contributed by atoms with Crippen LogP contribution in [-0.4, -0.2) is 13.2 Å². The quantitative estimate of drug-likeness (QED) is 0.683. The molecule has 1 rings (SSSR count). The predicted molar refractivity (Wildman–Crippen MR) is 75.1 cm³/mol. The summed E-state index contributed by atoms with van der Waals surface area (Å²) in [6, 6.07) is 5.93. The van der Waals surface area contributed by atoms with Crippen LogP contribution in [0.2, 0.25) is 0 Å². The van der Waals surface area contributed by atoms with E-state index in [1.807, 2.05) is 18.2 Å². The Morgan fingerprint density at radius 2 is 1.56 bits per heavy atom. The number of nitrogens with two attached hydrogens (primary N) is 1. The lowest BCUT2D eigenvalue weighted by molar-refractivity contribution is 0.261. The molecule has 3 nitrogen and oxygen atoms in total. The van der Waals surface area contributed by atoms with Crippen LogP contribution in [0.15, 0.2) is 18.2 Å². The van der Waals surface area contributed by atoms with Crippen molar-refractivity contribution in [1.29, 1.82) is 0 Å². The van der Waals surface area contributed by atoms with Crippen molar-refractivity contribution in [2.75, 3.05) is 13.2 Å². The fourth-order valence-electron chi connectivity index (χ4n) is 1.56. The van der Waals surface area contributed by atoms with Crippen molar-refractivity contribution in [3.63, 3.8) is 0 Å². The van der Waals surface area contributed by atoms with Gasteiger partial charge in [0.1, 0.15) is 0 Å². The Hall–Kier alpha value is -1.22. The summed E-state index contributed by atoms with van der Waals surface area (Å²) < 4.78 is 11.5. The van der Waals surface area contributed by atoms with E-state index < -0.39 is 0 Å². The fraction of sp³-hybridized carbons (Fsp3) is 0.600. The van der Waals surface area contributed by atoms with Crippen LogP contribution in [0.3, 0.4) is 0 Å². The van der Waals surface area contributed by atoms with Crippen molar-refractivity contribution in [1.82, 2.24) is 0 Å². The van der Waals surface area contributed by atoms with Gasteiger partial charge in [-0.3, -0.25) is 0 Å². The van der Waals surface area contributed by atoms with Gasteiger partial charge in [0.05, 0.1) is 13.2 Å². The van der Waals surface area contributed by atoms with Gasteiger partial charge < -0.3 is 15.2 Å². The van der Waals surface area contributed by atoms with Gasteiger partial charge in [0.25, 0.3) is 0 Å². The molecule has 0 unspecified atom stereocenters. The zero-order valence-corrected chi connectivity index (χ0v) is 11.6. The minimum absolute atomic E-state index is 0.527. The molecule has 2 N–H and O–H groups in total. The highest BCUT2D eigenvalue weighted by Gasteiger charge is 2.06. The molecule has 0 aliphatic heterocycles. The molecule has 1 aromatic rings. The first-order valence-electron chi connectivity index (χ1n) is 6.90. The van der Waals surface area contributed by atoms with Crippen LogP contribution >= 0.6 is 0 Å². The molecular weight excluding hydrogens is 226 g/mol. The molecule has 0 saturated heterocycles. The monoisotopic (exact) mass is 251 g/mol. The van der Waals surface area contributed by atoms with Gasteiger partial charge >= 0.3 is 0 Å². The number of hydrogen-bond donors (Lipinski definition) is 1. The van der Waals surface area contributed by atoms with Gasteiger partial charge in [0.2, 0.25) is 0 Å². The molecule has 102 valence electrons. The number of rotatable bonds is 9. The lowest BCUT2D eigenvalue weighted by Gasteiger charge is -2.13. The van der Waals surface area contributed by atoms with Crippen LogP contribution < -0.4 is 15.2 Å². The maximum atomic E-state index is 5.77. The Morgan fingerprint density at radius 3 is 2.11 bits per heavy atom. The molecule has 0 saturated carbocycles. The highest BCUT2D eigenvalue weighted by atomic mass is 16.5. The van der Waals surface area contributed by atoms with Gasteiger partial charge in [-0.05, 0) is 30.5 Å². The third-order valence-corrected chi connectivity index (χ3v) is 2.75. The smallest absolute Gasteiger partial charge is 0.161 e.